The summed E-state index contributed by atoms with van der Waals surface area (Å²) in [5.41, 5.74) is 3.34. The second kappa shape index (κ2) is 8.14. The van der Waals surface area contributed by atoms with Crippen molar-refractivity contribution in [3.05, 3.63) is 63.0 Å². The van der Waals surface area contributed by atoms with Crippen LogP contribution in [0.5, 0.6) is 5.88 Å². The van der Waals surface area contributed by atoms with Gasteiger partial charge in [0.1, 0.15) is 11.6 Å². The number of anilines is 1. The average molecular weight is 437 g/mol. The maximum Gasteiger partial charge on any atom is 0.336 e. The van der Waals surface area contributed by atoms with Crippen molar-refractivity contribution in [1.82, 2.24) is 24.0 Å². The van der Waals surface area contributed by atoms with E-state index in [4.69, 9.17) is 0 Å². The Kier molecular flexibility index (Phi) is 5.50. The second-order valence-electron chi connectivity index (χ2n) is 8.32. The van der Waals surface area contributed by atoms with Crippen molar-refractivity contribution in [3.63, 3.8) is 0 Å². The van der Waals surface area contributed by atoms with E-state index in [1.54, 1.807) is 26.0 Å². The Balaban J connectivity index is 1.51. The highest BCUT2D eigenvalue weighted by atomic mass is 16.3. The van der Waals surface area contributed by atoms with Crippen LogP contribution in [-0.2, 0) is 7.05 Å². The van der Waals surface area contributed by atoms with Crippen LogP contribution in [0.3, 0.4) is 0 Å². The van der Waals surface area contributed by atoms with Gasteiger partial charge < -0.3 is 14.9 Å². The van der Waals surface area contributed by atoms with Crippen molar-refractivity contribution in [2.24, 2.45) is 7.05 Å². The lowest BCUT2D eigenvalue weighted by Crippen LogP contribution is -2.49. The van der Waals surface area contributed by atoms with Crippen molar-refractivity contribution >= 4 is 11.7 Å². The predicted molar refractivity (Wildman–Crippen MR) is 122 cm³/mol. The zero-order valence-electron chi connectivity index (χ0n) is 19.1. The Hall–Kier alpha value is -3.62. The zero-order chi connectivity index (χ0) is 23.2. The molecule has 0 radical (unpaired) electrons. The molecule has 1 aliphatic heterocycles. The molecule has 4 rings (SSSR count). The van der Waals surface area contributed by atoms with Gasteiger partial charge in [0, 0.05) is 39.4 Å². The summed E-state index contributed by atoms with van der Waals surface area (Å²) < 4.78 is 2.50. The quantitative estimate of drug-likeness (QED) is 0.673. The maximum atomic E-state index is 13.2. The van der Waals surface area contributed by atoms with Crippen LogP contribution in [0.2, 0.25) is 0 Å². The Morgan fingerprint density at radius 2 is 1.75 bits per heavy atom. The van der Waals surface area contributed by atoms with Crippen molar-refractivity contribution in [1.29, 1.82) is 0 Å². The van der Waals surface area contributed by atoms with Crippen LogP contribution >= 0.6 is 0 Å². The molecule has 0 unspecified atom stereocenters. The molecule has 1 saturated heterocycles. The smallest absolute Gasteiger partial charge is 0.336 e. The first-order valence-electron chi connectivity index (χ1n) is 10.6. The molecular formula is C23H28N6O3. The van der Waals surface area contributed by atoms with Crippen LogP contribution in [0.15, 0.2) is 29.2 Å². The number of imidazole rings is 1. The molecule has 1 aliphatic rings. The van der Waals surface area contributed by atoms with Gasteiger partial charge in [-0.3, -0.25) is 9.36 Å². The summed E-state index contributed by atoms with van der Waals surface area (Å²) >= 11 is 0. The van der Waals surface area contributed by atoms with Gasteiger partial charge in [-0.1, -0.05) is 6.07 Å². The molecule has 9 heteroatoms. The van der Waals surface area contributed by atoms with E-state index in [0.29, 0.717) is 48.9 Å². The van der Waals surface area contributed by atoms with Gasteiger partial charge in [-0.25, -0.2) is 19.3 Å². The normalized spacial score (nSPS) is 14.2. The van der Waals surface area contributed by atoms with Gasteiger partial charge in [-0.05, 0) is 51.0 Å². The molecular weight excluding hydrogens is 408 g/mol. The highest BCUT2D eigenvalue weighted by Gasteiger charge is 2.25. The molecule has 0 spiro atoms. The predicted octanol–water partition coefficient (Wildman–Crippen LogP) is 1.87. The summed E-state index contributed by atoms with van der Waals surface area (Å²) in [7, 11) is 1.50. The number of aromatic hydroxyl groups is 1. The Labute approximate surface area is 186 Å². The highest BCUT2D eigenvalue weighted by Crippen LogP contribution is 2.22. The van der Waals surface area contributed by atoms with Gasteiger partial charge >= 0.3 is 5.69 Å². The number of hydrogen-bond donors (Lipinski definition) is 1. The summed E-state index contributed by atoms with van der Waals surface area (Å²) in [4.78, 5) is 38.7. The molecule has 0 aliphatic carbocycles. The number of pyridine rings is 2. The number of carbonyl (C=O) groups is 1. The van der Waals surface area contributed by atoms with E-state index in [0.717, 1.165) is 21.5 Å². The van der Waals surface area contributed by atoms with Crippen molar-refractivity contribution in [2.45, 2.75) is 27.7 Å². The summed E-state index contributed by atoms with van der Waals surface area (Å²) in [6, 6.07) is 5.47. The summed E-state index contributed by atoms with van der Waals surface area (Å²) in [5, 5.41) is 10.0. The molecule has 0 aromatic carbocycles. The summed E-state index contributed by atoms with van der Waals surface area (Å²) in [6.45, 7) is 10.1. The number of carbonyl (C=O) groups excluding carboxylic acids is 1. The molecule has 9 nitrogen and oxygen atoms in total. The van der Waals surface area contributed by atoms with E-state index < -0.39 is 0 Å². The molecule has 3 aromatic rings. The molecule has 1 amide bonds. The van der Waals surface area contributed by atoms with Gasteiger partial charge in [0.25, 0.3) is 5.91 Å². The average Bonchev–Trinajstić information content (AvgIpc) is 2.96. The Morgan fingerprint density at radius 3 is 2.31 bits per heavy atom. The van der Waals surface area contributed by atoms with E-state index in [2.05, 4.69) is 27.9 Å². The van der Waals surface area contributed by atoms with Crippen molar-refractivity contribution < 1.29 is 9.90 Å². The fraction of sp³-hybridized carbons (Fsp3) is 0.391. The van der Waals surface area contributed by atoms with E-state index in [9.17, 15) is 14.7 Å². The summed E-state index contributed by atoms with van der Waals surface area (Å²) in [5.74, 6) is 1.17. The number of amides is 1. The first-order chi connectivity index (χ1) is 15.2. The first-order valence-corrected chi connectivity index (χ1v) is 10.6. The highest BCUT2D eigenvalue weighted by molar-refractivity contribution is 5.95. The Morgan fingerprint density at radius 1 is 1.06 bits per heavy atom. The van der Waals surface area contributed by atoms with Crippen molar-refractivity contribution in [3.8, 4) is 11.7 Å². The van der Waals surface area contributed by atoms with Gasteiger partial charge in [0.15, 0.2) is 0 Å². The first kappa shape index (κ1) is 21.6. The van der Waals surface area contributed by atoms with Gasteiger partial charge in [-0.2, -0.15) is 0 Å². The molecule has 168 valence electrons. The SMILES string of the molecule is Cc1cnc(N2CCN(C(=O)c3ccc(-n4c(C)c(O)n(C)c4=O)nc3C)CC2)c(C)c1. The monoisotopic (exact) mass is 436 g/mol. The lowest BCUT2D eigenvalue weighted by Gasteiger charge is -2.36. The number of piperazine rings is 1. The molecule has 3 aromatic heterocycles. The van der Waals surface area contributed by atoms with Crippen LogP contribution in [-0.4, -0.2) is 61.2 Å². The lowest BCUT2D eigenvalue weighted by atomic mass is 10.1. The summed E-state index contributed by atoms with van der Waals surface area (Å²) in [6.07, 6.45) is 1.87. The largest absolute Gasteiger partial charge is 0.493 e. The van der Waals surface area contributed by atoms with Crippen LogP contribution in [0.4, 0.5) is 5.82 Å². The minimum absolute atomic E-state index is 0.0743. The topological polar surface area (TPSA) is 96.5 Å². The van der Waals surface area contributed by atoms with Crippen molar-refractivity contribution in [2.75, 3.05) is 31.1 Å². The Bertz CT molecular complexity index is 1250. The number of rotatable bonds is 3. The molecule has 1 fully saturated rings. The molecule has 0 bridgehead atoms. The van der Waals surface area contributed by atoms with Gasteiger partial charge in [-0.15, -0.1) is 0 Å². The zero-order valence-corrected chi connectivity index (χ0v) is 19.1. The van der Waals surface area contributed by atoms with Gasteiger partial charge in [0.05, 0.1) is 17.0 Å². The molecule has 4 heterocycles. The van der Waals surface area contributed by atoms with Gasteiger partial charge in [0.2, 0.25) is 5.88 Å². The third-order valence-corrected chi connectivity index (χ3v) is 6.04. The van der Waals surface area contributed by atoms with Crippen LogP contribution in [0.25, 0.3) is 5.82 Å². The minimum atomic E-state index is -0.387. The standard InChI is InChI=1S/C23H28N6O3/c1-14-12-15(2)20(24-13-14)27-8-10-28(11-9-27)22(31)18-6-7-19(25-16(18)3)29-17(4)21(30)26(5)23(29)32/h6-7,12-13,30H,8-11H2,1-5H3. The molecule has 1 N–H and O–H groups in total. The van der Waals surface area contributed by atoms with E-state index in [1.165, 1.54) is 11.6 Å². The second-order valence-corrected chi connectivity index (χ2v) is 8.32. The van der Waals surface area contributed by atoms with Crippen LogP contribution in [0.1, 0.15) is 32.9 Å². The number of aromatic nitrogens is 4. The lowest BCUT2D eigenvalue weighted by molar-refractivity contribution is 0.0745. The molecule has 0 atom stereocenters. The maximum absolute atomic E-state index is 13.2. The molecule has 0 saturated carbocycles. The molecule has 32 heavy (non-hydrogen) atoms. The van der Waals surface area contributed by atoms with E-state index in [1.807, 2.05) is 18.0 Å². The number of aryl methyl sites for hydroxylation is 3. The number of nitrogens with zero attached hydrogens (tertiary/aromatic N) is 6. The minimum Gasteiger partial charge on any atom is -0.493 e. The van der Waals surface area contributed by atoms with Crippen LogP contribution in [0, 0.1) is 27.7 Å². The fourth-order valence-electron chi connectivity index (χ4n) is 4.23. The van der Waals surface area contributed by atoms with E-state index >= 15 is 0 Å². The van der Waals surface area contributed by atoms with Crippen LogP contribution < -0.4 is 10.6 Å². The van der Waals surface area contributed by atoms with E-state index in [-0.39, 0.29) is 17.5 Å². The number of hydrogen-bond acceptors (Lipinski definition) is 6. The fourth-order valence-corrected chi connectivity index (χ4v) is 4.23. The third-order valence-electron chi connectivity index (χ3n) is 6.04. The third kappa shape index (κ3) is 3.63.